The highest BCUT2D eigenvalue weighted by Gasteiger charge is 2.32. The lowest BCUT2D eigenvalue weighted by Gasteiger charge is -2.36. The van der Waals surface area contributed by atoms with Crippen LogP contribution in [0.25, 0.3) is 0 Å². The molecular formula is C11H19NO3S. The minimum Gasteiger partial charge on any atom is -0.391 e. The molecule has 0 amide bonds. The summed E-state index contributed by atoms with van der Waals surface area (Å²) in [5.41, 5.74) is 0. The van der Waals surface area contributed by atoms with Gasteiger partial charge in [0, 0.05) is 11.3 Å². The van der Waals surface area contributed by atoms with Crippen LogP contribution in [0.5, 0.6) is 0 Å². The number of hydrogen-bond acceptors (Lipinski definition) is 5. The molecule has 16 heavy (non-hydrogen) atoms. The van der Waals surface area contributed by atoms with Crippen molar-refractivity contribution in [3.63, 3.8) is 0 Å². The van der Waals surface area contributed by atoms with E-state index in [4.69, 9.17) is 0 Å². The third-order valence-electron chi connectivity index (χ3n) is 3.17. The number of rotatable bonds is 5. The number of nitrogens with zero attached hydrogens (tertiary/aromatic N) is 1. The largest absolute Gasteiger partial charge is 0.391 e. The van der Waals surface area contributed by atoms with E-state index in [0.29, 0.717) is 0 Å². The molecule has 0 aliphatic carbocycles. The zero-order chi connectivity index (χ0) is 12.2. The van der Waals surface area contributed by atoms with Gasteiger partial charge in [0.1, 0.15) is 0 Å². The summed E-state index contributed by atoms with van der Waals surface area (Å²) >= 11 is 1.81. The molecule has 0 N–H and O–H groups in total. The second-order valence-electron chi connectivity index (χ2n) is 4.09. The second kappa shape index (κ2) is 5.68. The van der Waals surface area contributed by atoms with Crippen LogP contribution in [-0.2, 0) is 14.3 Å². The molecular weight excluding hydrogens is 226 g/mol. The SMILES string of the molecule is CCC(CC)(CN1CC(=O)OC(=O)C1)SC. The molecule has 4 nitrogen and oxygen atoms in total. The van der Waals surface area contributed by atoms with E-state index in [1.54, 1.807) is 0 Å². The maximum atomic E-state index is 11.1. The number of thioether (sulfide) groups is 1. The van der Waals surface area contributed by atoms with E-state index >= 15 is 0 Å². The fourth-order valence-corrected chi connectivity index (χ4v) is 2.85. The Hall–Kier alpha value is -0.550. The average molecular weight is 245 g/mol. The van der Waals surface area contributed by atoms with Crippen molar-refractivity contribution < 1.29 is 14.3 Å². The molecule has 1 fully saturated rings. The molecule has 1 heterocycles. The Morgan fingerprint density at radius 3 is 2.12 bits per heavy atom. The molecule has 5 heteroatoms. The maximum absolute atomic E-state index is 11.1. The number of morpholine rings is 1. The Morgan fingerprint density at radius 2 is 1.75 bits per heavy atom. The first-order valence-corrected chi connectivity index (χ1v) is 6.78. The predicted molar refractivity (Wildman–Crippen MR) is 64.4 cm³/mol. The van der Waals surface area contributed by atoms with Crippen molar-refractivity contribution in [2.75, 3.05) is 25.9 Å². The number of cyclic esters (lactones) is 2. The maximum Gasteiger partial charge on any atom is 0.327 e. The van der Waals surface area contributed by atoms with Gasteiger partial charge in [0.05, 0.1) is 13.1 Å². The van der Waals surface area contributed by atoms with Crippen molar-refractivity contribution in [3.05, 3.63) is 0 Å². The molecule has 1 aliphatic heterocycles. The van der Waals surface area contributed by atoms with Gasteiger partial charge < -0.3 is 4.74 Å². The summed E-state index contributed by atoms with van der Waals surface area (Å²) in [6.45, 7) is 5.51. The van der Waals surface area contributed by atoms with Crippen molar-refractivity contribution in [3.8, 4) is 0 Å². The van der Waals surface area contributed by atoms with E-state index < -0.39 is 11.9 Å². The smallest absolute Gasteiger partial charge is 0.327 e. The van der Waals surface area contributed by atoms with Gasteiger partial charge in [-0.3, -0.25) is 14.5 Å². The molecule has 0 spiro atoms. The molecule has 1 rings (SSSR count). The van der Waals surface area contributed by atoms with Gasteiger partial charge in [-0.2, -0.15) is 11.8 Å². The minimum absolute atomic E-state index is 0.137. The molecule has 92 valence electrons. The van der Waals surface area contributed by atoms with E-state index in [1.165, 1.54) is 0 Å². The van der Waals surface area contributed by atoms with Crippen molar-refractivity contribution in [1.29, 1.82) is 0 Å². The van der Waals surface area contributed by atoms with Crippen LogP contribution >= 0.6 is 11.8 Å². The summed E-state index contributed by atoms with van der Waals surface area (Å²) in [6.07, 6.45) is 4.14. The monoisotopic (exact) mass is 245 g/mol. The van der Waals surface area contributed by atoms with E-state index in [9.17, 15) is 9.59 Å². The Kier molecular flexibility index (Phi) is 4.80. The lowest BCUT2D eigenvalue weighted by Crippen LogP contribution is -2.49. The average Bonchev–Trinajstić information content (AvgIpc) is 2.25. The molecule has 1 saturated heterocycles. The van der Waals surface area contributed by atoms with E-state index in [2.05, 4.69) is 24.8 Å². The molecule has 0 atom stereocenters. The summed E-state index contributed by atoms with van der Waals surface area (Å²) in [5.74, 6) is -0.864. The Morgan fingerprint density at radius 1 is 1.25 bits per heavy atom. The van der Waals surface area contributed by atoms with E-state index in [-0.39, 0.29) is 17.8 Å². The molecule has 0 unspecified atom stereocenters. The van der Waals surface area contributed by atoms with Gasteiger partial charge >= 0.3 is 11.9 Å². The Bertz CT molecular complexity index is 252. The number of ether oxygens (including phenoxy) is 1. The first-order chi connectivity index (χ1) is 7.55. The van der Waals surface area contributed by atoms with Crippen LogP contribution in [0.2, 0.25) is 0 Å². The molecule has 0 aromatic heterocycles. The summed E-state index contributed by atoms with van der Waals surface area (Å²) in [7, 11) is 0. The standard InChI is InChI=1S/C11H19NO3S/c1-4-11(5-2,16-3)8-12-6-9(13)15-10(14)7-12/h4-8H2,1-3H3. The van der Waals surface area contributed by atoms with Crippen LogP contribution in [-0.4, -0.2) is 47.5 Å². The van der Waals surface area contributed by atoms with Crippen molar-refractivity contribution in [2.24, 2.45) is 0 Å². The van der Waals surface area contributed by atoms with Crippen LogP contribution in [0, 0.1) is 0 Å². The highest BCUT2D eigenvalue weighted by Crippen LogP contribution is 2.31. The normalized spacial score (nSPS) is 18.7. The van der Waals surface area contributed by atoms with Gasteiger partial charge in [0.15, 0.2) is 0 Å². The number of esters is 2. The highest BCUT2D eigenvalue weighted by atomic mass is 32.2. The zero-order valence-corrected chi connectivity index (χ0v) is 10.9. The lowest BCUT2D eigenvalue weighted by atomic mass is 10.0. The lowest BCUT2D eigenvalue weighted by molar-refractivity contribution is -0.166. The second-order valence-corrected chi connectivity index (χ2v) is 5.36. The van der Waals surface area contributed by atoms with Crippen LogP contribution in [0.15, 0.2) is 0 Å². The molecule has 0 saturated carbocycles. The van der Waals surface area contributed by atoms with Crippen LogP contribution in [0.1, 0.15) is 26.7 Å². The van der Waals surface area contributed by atoms with Crippen molar-refractivity contribution in [1.82, 2.24) is 4.90 Å². The quantitative estimate of drug-likeness (QED) is 0.539. The van der Waals surface area contributed by atoms with E-state index in [1.807, 2.05) is 16.7 Å². The zero-order valence-electron chi connectivity index (χ0n) is 10.1. The molecule has 1 aliphatic rings. The molecule has 0 aromatic rings. The first-order valence-electron chi connectivity index (χ1n) is 5.56. The van der Waals surface area contributed by atoms with Crippen LogP contribution in [0.4, 0.5) is 0 Å². The van der Waals surface area contributed by atoms with Crippen molar-refractivity contribution in [2.45, 2.75) is 31.4 Å². The first kappa shape index (κ1) is 13.5. The van der Waals surface area contributed by atoms with Crippen molar-refractivity contribution >= 4 is 23.7 Å². The molecule has 0 radical (unpaired) electrons. The third kappa shape index (κ3) is 3.22. The molecule has 0 bridgehead atoms. The topological polar surface area (TPSA) is 46.6 Å². The van der Waals surface area contributed by atoms with Gasteiger partial charge in [-0.05, 0) is 19.1 Å². The van der Waals surface area contributed by atoms with Gasteiger partial charge in [-0.15, -0.1) is 0 Å². The number of carbonyl (C=O) groups excluding carboxylic acids is 2. The highest BCUT2D eigenvalue weighted by molar-refractivity contribution is 8.00. The number of carbonyl (C=O) groups is 2. The third-order valence-corrected chi connectivity index (χ3v) is 4.74. The Labute approximate surface area is 101 Å². The van der Waals surface area contributed by atoms with Gasteiger partial charge in [-0.1, -0.05) is 13.8 Å². The summed E-state index contributed by atoms with van der Waals surface area (Å²) in [6, 6.07) is 0. The summed E-state index contributed by atoms with van der Waals surface area (Å²) in [4.78, 5) is 24.2. The van der Waals surface area contributed by atoms with Crippen LogP contribution < -0.4 is 0 Å². The summed E-state index contributed by atoms with van der Waals surface area (Å²) < 4.78 is 4.64. The van der Waals surface area contributed by atoms with Gasteiger partial charge in [-0.25, -0.2) is 0 Å². The predicted octanol–water partition coefficient (Wildman–Crippen LogP) is 1.29. The van der Waals surface area contributed by atoms with Crippen LogP contribution in [0.3, 0.4) is 0 Å². The summed E-state index contributed by atoms with van der Waals surface area (Å²) in [5, 5.41) is 0. The Balaban J connectivity index is 2.64. The van der Waals surface area contributed by atoms with Gasteiger partial charge in [0.2, 0.25) is 0 Å². The number of hydrogen-bond donors (Lipinski definition) is 0. The fraction of sp³-hybridized carbons (Fsp3) is 0.818. The fourth-order valence-electron chi connectivity index (χ4n) is 1.96. The van der Waals surface area contributed by atoms with E-state index in [0.717, 1.165) is 19.4 Å². The minimum atomic E-state index is -0.432. The molecule has 0 aromatic carbocycles. The van der Waals surface area contributed by atoms with Gasteiger partial charge in [0.25, 0.3) is 0 Å².